The number of carbonyl (C=O) groups is 1. The predicted molar refractivity (Wildman–Crippen MR) is 80.0 cm³/mol. The number of carbonyl (C=O) groups excluding carboxylic acids is 1. The second kappa shape index (κ2) is 9.32. The lowest BCUT2D eigenvalue weighted by atomic mass is 9.91. The third-order valence-electron chi connectivity index (χ3n) is 4.11. The maximum absolute atomic E-state index is 10.6. The van der Waals surface area contributed by atoms with E-state index < -0.39 is 0 Å². The third-order valence-corrected chi connectivity index (χ3v) is 4.11. The third kappa shape index (κ3) is 6.92. The Morgan fingerprint density at radius 2 is 2.26 bits per heavy atom. The average Bonchev–Trinajstić information content (AvgIpc) is 2.38. The quantitative estimate of drug-likeness (QED) is 0.627. The SMILES string of the molecule is CCCN1CCCC(C(C)NCCCCC(N)=O)C1. The molecule has 1 rings (SSSR count). The molecule has 2 atom stereocenters. The summed E-state index contributed by atoms with van der Waals surface area (Å²) in [6, 6.07) is 0.577. The standard InChI is InChI=1S/C15H31N3O/c1-3-10-18-11-6-7-14(12-18)13(2)17-9-5-4-8-15(16)19/h13-14,17H,3-12H2,1-2H3,(H2,16,19). The molecule has 4 heteroatoms. The molecule has 3 N–H and O–H groups in total. The van der Waals surface area contributed by atoms with Crippen LogP contribution in [0.4, 0.5) is 0 Å². The monoisotopic (exact) mass is 269 g/mol. The van der Waals surface area contributed by atoms with Gasteiger partial charge < -0.3 is 16.0 Å². The maximum Gasteiger partial charge on any atom is 0.217 e. The van der Waals surface area contributed by atoms with Crippen molar-refractivity contribution < 1.29 is 4.79 Å². The topological polar surface area (TPSA) is 58.4 Å². The first-order valence-corrected chi connectivity index (χ1v) is 7.87. The Labute approximate surface area is 118 Å². The van der Waals surface area contributed by atoms with Crippen molar-refractivity contribution in [2.45, 2.75) is 58.4 Å². The smallest absolute Gasteiger partial charge is 0.217 e. The normalized spacial score (nSPS) is 22.3. The fourth-order valence-corrected chi connectivity index (χ4v) is 2.94. The minimum Gasteiger partial charge on any atom is -0.370 e. The summed E-state index contributed by atoms with van der Waals surface area (Å²) in [5, 5.41) is 3.61. The van der Waals surface area contributed by atoms with Crippen molar-refractivity contribution in [3.63, 3.8) is 0 Å². The van der Waals surface area contributed by atoms with Crippen molar-refractivity contribution in [2.75, 3.05) is 26.2 Å². The first-order valence-electron chi connectivity index (χ1n) is 7.87. The molecule has 0 aromatic heterocycles. The van der Waals surface area contributed by atoms with Crippen LogP contribution in [0.5, 0.6) is 0 Å². The number of piperidine rings is 1. The number of nitrogens with zero attached hydrogens (tertiary/aromatic N) is 1. The van der Waals surface area contributed by atoms with Crippen LogP contribution in [0.25, 0.3) is 0 Å². The number of primary amides is 1. The molecule has 0 aromatic carbocycles. The van der Waals surface area contributed by atoms with E-state index in [4.69, 9.17) is 5.73 Å². The van der Waals surface area contributed by atoms with Crippen LogP contribution in [0.3, 0.4) is 0 Å². The molecule has 0 saturated carbocycles. The number of unbranched alkanes of at least 4 members (excludes halogenated alkanes) is 1. The highest BCUT2D eigenvalue weighted by atomic mass is 16.1. The molecule has 4 nitrogen and oxygen atoms in total. The van der Waals surface area contributed by atoms with Gasteiger partial charge in [0, 0.05) is 19.0 Å². The number of hydrogen-bond donors (Lipinski definition) is 2. The number of amides is 1. The van der Waals surface area contributed by atoms with Crippen molar-refractivity contribution in [3.8, 4) is 0 Å². The molecule has 1 heterocycles. The van der Waals surface area contributed by atoms with E-state index in [0.29, 0.717) is 12.5 Å². The van der Waals surface area contributed by atoms with E-state index >= 15 is 0 Å². The number of rotatable bonds is 9. The highest BCUT2D eigenvalue weighted by Gasteiger charge is 2.23. The Bertz CT molecular complexity index is 256. The van der Waals surface area contributed by atoms with Gasteiger partial charge in [-0.25, -0.2) is 0 Å². The molecule has 0 aromatic rings. The van der Waals surface area contributed by atoms with Crippen LogP contribution in [0.1, 0.15) is 52.4 Å². The van der Waals surface area contributed by atoms with Crippen LogP contribution in [-0.2, 0) is 4.79 Å². The van der Waals surface area contributed by atoms with Gasteiger partial charge in [0.1, 0.15) is 0 Å². The Kier molecular flexibility index (Phi) is 8.07. The van der Waals surface area contributed by atoms with Gasteiger partial charge in [-0.05, 0) is 64.6 Å². The Hall–Kier alpha value is -0.610. The van der Waals surface area contributed by atoms with E-state index in [2.05, 4.69) is 24.1 Å². The Morgan fingerprint density at radius 3 is 2.95 bits per heavy atom. The molecule has 2 unspecified atom stereocenters. The maximum atomic E-state index is 10.6. The summed E-state index contributed by atoms with van der Waals surface area (Å²) < 4.78 is 0. The van der Waals surface area contributed by atoms with Crippen LogP contribution in [-0.4, -0.2) is 43.0 Å². The number of nitrogens with two attached hydrogens (primary N) is 1. The zero-order valence-electron chi connectivity index (χ0n) is 12.7. The van der Waals surface area contributed by atoms with Gasteiger partial charge in [0.25, 0.3) is 0 Å². The molecule has 1 aliphatic rings. The molecule has 0 spiro atoms. The summed E-state index contributed by atoms with van der Waals surface area (Å²) in [4.78, 5) is 13.2. The molecule has 0 aliphatic carbocycles. The van der Waals surface area contributed by atoms with Crippen molar-refractivity contribution in [3.05, 3.63) is 0 Å². The molecule has 1 amide bonds. The van der Waals surface area contributed by atoms with E-state index in [1.54, 1.807) is 0 Å². The van der Waals surface area contributed by atoms with Gasteiger partial charge in [-0.2, -0.15) is 0 Å². The Morgan fingerprint density at radius 1 is 1.47 bits per heavy atom. The van der Waals surface area contributed by atoms with E-state index in [1.807, 2.05) is 0 Å². The Balaban J connectivity index is 2.14. The summed E-state index contributed by atoms with van der Waals surface area (Å²) >= 11 is 0. The fraction of sp³-hybridized carbons (Fsp3) is 0.933. The van der Waals surface area contributed by atoms with E-state index in [1.165, 1.54) is 38.9 Å². The number of nitrogens with one attached hydrogen (secondary N) is 1. The minimum atomic E-state index is -0.185. The van der Waals surface area contributed by atoms with Crippen molar-refractivity contribution in [1.82, 2.24) is 10.2 Å². The van der Waals surface area contributed by atoms with Crippen LogP contribution in [0.15, 0.2) is 0 Å². The lowest BCUT2D eigenvalue weighted by Crippen LogP contribution is -2.44. The fourth-order valence-electron chi connectivity index (χ4n) is 2.94. The highest BCUT2D eigenvalue weighted by Crippen LogP contribution is 2.19. The summed E-state index contributed by atoms with van der Waals surface area (Å²) in [6.07, 6.45) is 6.39. The second-order valence-corrected chi connectivity index (χ2v) is 5.87. The van der Waals surface area contributed by atoms with E-state index in [-0.39, 0.29) is 5.91 Å². The largest absolute Gasteiger partial charge is 0.370 e. The molecule has 1 saturated heterocycles. The average molecular weight is 269 g/mol. The molecule has 19 heavy (non-hydrogen) atoms. The highest BCUT2D eigenvalue weighted by molar-refractivity contribution is 5.73. The minimum absolute atomic E-state index is 0.185. The lowest BCUT2D eigenvalue weighted by Gasteiger charge is -2.36. The van der Waals surface area contributed by atoms with E-state index in [9.17, 15) is 4.79 Å². The zero-order valence-corrected chi connectivity index (χ0v) is 12.7. The summed E-state index contributed by atoms with van der Waals surface area (Å²) in [7, 11) is 0. The second-order valence-electron chi connectivity index (χ2n) is 5.87. The van der Waals surface area contributed by atoms with Gasteiger partial charge in [-0.15, -0.1) is 0 Å². The molecule has 112 valence electrons. The van der Waals surface area contributed by atoms with Gasteiger partial charge in [-0.3, -0.25) is 4.79 Å². The first kappa shape index (κ1) is 16.4. The van der Waals surface area contributed by atoms with Crippen molar-refractivity contribution >= 4 is 5.91 Å². The van der Waals surface area contributed by atoms with Crippen LogP contribution < -0.4 is 11.1 Å². The van der Waals surface area contributed by atoms with Crippen LogP contribution in [0, 0.1) is 5.92 Å². The first-order chi connectivity index (χ1) is 9.13. The molecular weight excluding hydrogens is 238 g/mol. The molecular formula is C15H31N3O. The predicted octanol–water partition coefficient (Wildman–Crippen LogP) is 1.74. The molecule has 0 radical (unpaired) electrons. The zero-order chi connectivity index (χ0) is 14.1. The lowest BCUT2D eigenvalue weighted by molar-refractivity contribution is -0.118. The van der Waals surface area contributed by atoms with Crippen LogP contribution >= 0.6 is 0 Å². The van der Waals surface area contributed by atoms with Gasteiger partial charge in [0.05, 0.1) is 0 Å². The summed E-state index contributed by atoms with van der Waals surface area (Å²) in [5.41, 5.74) is 5.13. The van der Waals surface area contributed by atoms with Gasteiger partial charge >= 0.3 is 0 Å². The van der Waals surface area contributed by atoms with E-state index in [0.717, 1.165) is 25.3 Å². The van der Waals surface area contributed by atoms with Gasteiger partial charge in [0.2, 0.25) is 5.91 Å². The molecule has 1 aliphatic heterocycles. The number of hydrogen-bond acceptors (Lipinski definition) is 3. The summed E-state index contributed by atoms with van der Waals surface area (Å²) in [6.45, 7) is 9.30. The molecule has 0 bridgehead atoms. The van der Waals surface area contributed by atoms with Gasteiger partial charge in [-0.1, -0.05) is 6.92 Å². The summed E-state index contributed by atoms with van der Waals surface area (Å²) in [5.74, 6) is 0.590. The molecule has 1 fully saturated rings. The number of likely N-dealkylation sites (tertiary alicyclic amines) is 1. The van der Waals surface area contributed by atoms with Gasteiger partial charge in [0.15, 0.2) is 0 Å². The van der Waals surface area contributed by atoms with Crippen LogP contribution in [0.2, 0.25) is 0 Å². The van der Waals surface area contributed by atoms with Crippen molar-refractivity contribution in [1.29, 1.82) is 0 Å². The van der Waals surface area contributed by atoms with Crippen molar-refractivity contribution in [2.24, 2.45) is 11.7 Å².